The van der Waals surface area contributed by atoms with Crippen LogP contribution in [0.2, 0.25) is 30.1 Å². The molecular formula is C25H14Cl6N2O5. The van der Waals surface area contributed by atoms with Crippen LogP contribution in [0.3, 0.4) is 0 Å². The van der Waals surface area contributed by atoms with Crippen molar-refractivity contribution in [2.24, 2.45) is 0 Å². The molecule has 0 spiro atoms. The Morgan fingerprint density at radius 1 is 0.763 bits per heavy atom. The molecule has 0 radical (unpaired) electrons. The second-order valence-electron chi connectivity index (χ2n) is 7.98. The first-order valence-electron chi connectivity index (χ1n) is 10.6. The smallest absolute Gasteiger partial charge is 0.282 e. The van der Waals surface area contributed by atoms with Gasteiger partial charge in [0.15, 0.2) is 5.78 Å². The Hall–Kier alpha value is -2.52. The fourth-order valence-corrected chi connectivity index (χ4v) is 5.15. The third-order valence-corrected chi connectivity index (χ3v) is 8.33. The van der Waals surface area contributed by atoms with Crippen LogP contribution < -0.4 is 4.74 Å². The van der Waals surface area contributed by atoms with E-state index in [1.807, 2.05) is 0 Å². The molecule has 4 rings (SSSR count). The molecule has 7 nitrogen and oxygen atoms in total. The molecule has 196 valence electrons. The van der Waals surface area contributed by atoms with E-state index >= 15 is 0 Å². The fourth-order valence-electron chi connectivity index (χ4n) is 3.84. The predicted octanol–water partition coefficient (Wildman–Crippen LogP) is 7.54. The number of hydrazine groups is 1. The zero-order chi connectivity index (χ0) is 28.0. The van der Waals surface area contributed by atoms with Gasteiger partial charge in [-0.3, -0.25) is 19.2 Å². The first kappa shape index (κ1) is 28.5. The van der Waals surface area contributed by atoms with Gasteiger partial charge in [0, 0.05) is 11.1 Å². The van der Waals surface area contributed by atoms with Gasteiger partial charge in [0.2, 0.25) is 0 Å². The summed E-state index contributed by atoms with van der Waals surface area (Å²) in [5.74, 6) is -3.06. The van der Waals surface area contributed by atoms with Gasteiger partial charge < -0.3 is 4.74 Å². The van der Waals surface area contributed by atoms with Crippen molar-refractivity contribution in [2.75, 3.05) is 7.11 Å². The van der Waals surface area contributed by atoms with Crippen LogP contribution in [-0.4, -0.2) is 46.7 Å². The topological polar surface area (TPSA) is 84.0 Å². The van der Waals surface area contributed by atoms with Gasteiger partial charge in [0.05, 0.1) is 48.4 Å². The number of hydrogen-bond donors (Lipinski definition) is 0. The fraction of sp³-hybridized carbons (Fsp3) is 0.120. The second-order valence-corrected chi connectivity index (χ2v) is 10.3. The van der Waals surface area contributed by atoms with Crippen LogP contribution in [0.15, 0.2) is 42.5 Å². The Morgan fingerprint density at radius 3 is 1.74 bits per heavy atom. The number of nitrogens with zero attached hydrogens (tertiary/aromatic N) is 2. The number of methoxy groups -OCH3 is 1. The van der Waals surface area contributed by atoms with Crippen molar-refractivity contribution in [2.45, 2.75) is 13.0 Å². The van der Waals surface area contributed by atoms with Gasteiger partial charge in [-0.05, 0) is 49.4 Å². The van der Waals surface area contributed by atoms with Gasteiger partial charge in [-0.1, -0.05) is 69.6 Å². The highest BCUT2D eigenvalue weighted by atomic mass is 35.5. The highest BCUT2D eigenvalue weighted by Gasteiger charge is 2.48. The van der Waals surface area contributed by atoms with Crippen molar-refractivity contribution < 1.29 is 23.9 Å². The molecule has 0 N–H and O–H groups in total. The normalized spacial score (nSPS) is 13.4. The molecule has 0 aromatic heterocycles. The maximum absolute atomic E-state index is 13.8. The standard InChI is InChI=1S/C25H14Cl6N2O5/c1-10(22(34)11-3-6-13(38-2)7-4-11)32(23(35)12-5-8-14(26)15(27)9-12)33-24(36)16-17(25(33)37)19(29)21(31)20(30)18(16)28/h3-10H,1-2H3/t10-/m1/s1. The van der Waals surface area contributed by atoms with Crippen LogP contribution in [0.25, 0.3) is 0 Å². The number of rotatable bonds is 6. The number of carbonyl (C=O) groups is 4. The summed E-state index contributed by atoms with van der Waals surface area (Å²) >= 11 is 36.8. The van der Waals surface area contributed by atoms with Gasteiger partial charge in [0.25, 0.3) is 17.7 Å². The van der Waals surface area contributed by atoms with E-state index in [1.54, 1.807) is 12.1 Å². The highest BCUT2D eigenvalue weighted by Crippen LogP contribution is 2.45. The minimum absolute atomic E-state index is 0.0404. The lowest BCUT2D eigenvalue weighted by atomic mass is 10.0. The number of halogens is 6. The molecule has 1 aliphatic heterocycles. The number of imide groups is 1. The van der Waals surface area contributed by atoms with Crippen molar-refractivity contribution in [3.63, 3.8) is 0 Å². The van der Waals surface area contributed by atoms with Gasteiger partial charge in [-0.2, -0.15) is 5.01 Å². The molecular weight excluding hydrogens is 621 g/mol. The molecule has 0 saturated heterocycles. The van der Waals surface area contributed by atoms with Crippen LogP contribution in [0.1, 0.15) is 48.4 Å². The Labute approximate surface area is 246 Å². The van der Waals surface area contributed by atoms with E-state index in [0.29, 0.717) is 15.8 Å². The van der Waals surface area contributed by atoms with Crippen molar-refractivity contribution in [3.8, 4) is 5.75 Å². The van der Waals surface area contributed by atoms with Crippen LogP contribution in [0.4, 0.5) is 0 Å². The minimum atomic E-state index is -1.38. The summed E-state index contributed by atoms with van der Waals surface area (Å²) < 4.78 is 5.12. The van der Waals surface area contributed by atoms with E-state index in [2.05, 4.69) is 0 Å². The molecule has 3 aromatic carbocycles. The Morgan fingerprint density at radius 2 is 1.26 bits per heavy atom. The number of ether oxygens (including phenoxy) is 1. The summed E-state index contributed by atoms with van der Waals surface area (Å²) in [7, 11) is 1.47. The third kappa shape index (κ3) is 4.72. The molecule has 0 unspecified atom stereocenters. The average molecular weight is 635 g/mol. The molecule has 0 bridgehead atoms. The zero-order valence-electron chi connectivity index (χ0n) is 19.3. The van der Waals surface area contributed by atoms with Crippen LogP contribution in [0, 0.1) is 0 Å². The lowest BCUT2D eigenvalue weighted by Gasteiger charge is -2.34. The third-order valence-electron chi connectivity index (χ3n) is 5.79. The molecule has 1 aliphatic rings. The van der Waals surface area contributed by atoms with Crippen molar-refractivity contribution in [1.29, 1.82) is 0 Å². The van der Waals surface area contributed by atoms with Crippen molar-refractivity contribution in [1.82, 2.24) is 10.0 Å². The van der Waals surface area contributed by atoms with Gasteiger partial charge in [-0.15, -0.1) is 0 Å². The summed E-state index contributed by atoms with van der Waals surface area (Å²) in [5, 5.41) is 0.270. The summed E-state index contributed by atoms with van der Waals surface area (Å²) in [6, 6.07) is 8.63. The summed E-state index contributed by atoms with van der Waals surface area (Å²) in [5.41, 5.74) is -0.582. The lowest BCUT2D eigenvalue weighted by molar-refractivity contribution is -0.00679. The SMILES string of the molecule is COc1ccc(C(=O)[C@@H](C)N(C(=O)c2ccc(Cl)c(Cl)c2)N2C(=O)c3c(Cl)c(Cl)c(Cl)c(Cl)c3C2=O)cc1. The van der Waals surface area contributed by atoms with Gasteiger partial charge in [0.1, 0.15) is 11.8 Å². The Bertz CT molecular complexity index is 1480. The Kier molecular flexibility index (Phi) is 8.19. The summed E-state index contributed by atoms with van der Waals surface area (Å²) in [6.45, 7) is 1.36. The van der Waals surface area contributed by atoms with Gasteiger partial charge in [-0.25, -0.2) is 5.01 Å². The van der Waals surface area contributed by atoms with Crippen LogP contribution >= 0.6 is 69.6 Å². The first-order chi connectivity index (χ1) is 17.9. The minimum Gasteiger partial charge on any atom is -0.497 e. The van der Waals surface area contributed by atoms with E-state index in [-0.39, 0.29) is 52.4 Å². The van der Waals surface area contributed by atoms with Crippen LogP contribution in [0.5, 0.6) is 5.75 Å². The monoisotopic (exact) mass is 632 g/mol. The maximum atomic E-state index is 13.8. The maximum Gasteiger partial charge on any atom is 0.282 e. The van der Waals surface area contributed by atoms with E-state index in [0.717, 1.165) is 0 Å². The number of ketones is 1. The first-order valence-corrected chi connectivity index (χ1v) is 12.9. The Balaban J connectivity index is 1.87. The number of fused-ring (bicyclic) bond motifs is 1. The van der Waals surface area contributed by atoms with Gasteiger partial charge >= 0.3 is 0 Å². The largest absolute Gasteiger partial charge is 0.497 e. The average Bonchev–Trinajstić information content (AvgIpc) is 3.17. The predicted molar refractivity (Wildman–Crippen MR) is 146 cm³/mol. The molecule has 13 heteroatoms. The molecule has 0 fully saturated rings. The number of Topliss-reactive ketones (excluding diaryl/α,β-unsaturated/α-hetero) is 1. The van der Waals surface area contributed by atoms with E-state index < -0.39 is 29.5 Å². The van der Waals surface area contributed by atoms with Crippen molar-refractivity contribution in [3.05, 3.63) is 94.9 Å². The molecule has 3 amide bonds. The number of carbonyl (C=O) groups excluding carboxylic acids is 4. The second kappa shape index (κ2) is 10.9. The van der Waals surface area contributed by atoms with Crippen molar-refractivity contribution >= 4 is 93.1 Å². The number of benzene rings is 3. The molecule has 38 heavy (non-hydrogen) atoms. The number of amides is 3. The van der Waals surface area contributed by atoms with E-state index in [1.165, 1.54) is 44.4 Å². The molecule has 3 aromatic rings. The molecule has 1 atom stereocenters. The molecule has 1 heterocycles. The molecule has 0 aliphatic carbocycles. The lowest BCUT2D eigenvalue weighted by Crippen LogP contribution is -2.56. The summed E-state index contributed by atoms with van der Waals surface area (Å²) in [4.78, 5) is 54.5. The van der Waals surface area contributed by atoms with E-state index in [4.69, 9.17) is 74.3 Å². The summed E-state index contributed by atoms with van der Waals surface area (Å²) in [6.07, 6.45) is 0. The highest BCUT2D eigenvalue weighted by molar-refractivity contribution is 6.55. The van der Waals surface area contributed by atoms with E-state index in [9.17, 15) is 19.2 Å². The number of hydrogen-bond acceptors (Lipinski definition) is 5. The van der Waals surface area contributed by atoms with Crippen LogP contribution in [-0.2, 0) is 0 Å². The quantitative estimate of drug-likeness (QED) is 0.121. The zero-order valence-corrected chi connectivity index (χ0v) is 23.9. The molecule has 0 saturated carbocycles.